The molecule has 0 aliphatic rings. The summed E-state index contributed by atoms with van der Waals surface area (Å²) >= 11 is 5.89. The molecule has 3 nitrogen and oxygen atoms in total. The Hall–Kier alpha value is -2.07. The highest BCUT2D eigenvalue weighted by Gasteiger charge is 2.13. The molecule has 19 heavy (non-hydrogen) atoms. The minimum absolute atomic E-state index is 0.0653. The number of hydrogen-bond donors (Lipinski definition) is 2. The van der Waals surface area contributed by atoms with Crippen molar-refractivity contribution in [2.24, 2.45) is 0 Å². The third kappa shape index (κ3) is 2.85. The summed E-state index contributed by atoms with van der Waals surface area (Å²) in [5.41, 5.74) is 1.24. The smallest absolute Gasteiger partial charge is 0.337 e. The number of nitrogens with one attached hydrogen (secondary N) is 1. The van der Waals surface area contributed by atoms with Crippen molar-refractivity contribution < 1.29 is 14.3 Å². The molecule has 0 aliphatic heterocycles. The molecule has 0 radical (unpaired) electrons. The molecule has 0 spiro atoms. The van der Waals surface area contributed by atoms with Gasteiger partial charge in [0.2, 0.25) is 0 Å². The predicted molar refractivity (Wildman–Crippen MR) is 72.8 cm³/mol. The van der Waals surface area contributed by atoms with Crippen molar-refractivity contribution in [3.8, 4) is 0 Å². The van der Waals surface area contributed by atoms with Gasteiger partial charge in [0.05, 0.1) is 22.0 Å². The van der Waals surface area contributed by atoms with Crippen molar-refractivity contribution in [2.45, 2.75) is 6.92 Å². The van der Waals surface area contributed by atoms with Gasteiger partial charge in [0.15, 0.2) is 0 Å². The van der Waals surface area contributed by atoms with Gasteiger partial charge in [-0.1, -0.05) is 29.3 Å². The number of carboxylic acid groups (broad SMARTS) is 1. The Balaban J connectivity index is 2.47. The molecule has 0 aromatic heterocycles. The molecule has 0 saturated carbocycles. The van der Waals surface area contributed by atoms with Crippen LogP contribution in [0.1, 0.15) is 15.9 Å². The summed E-state index contributed by atoms with van der Waals surface area (Å²) < 4.78 is 13.7. The molecule has 0 unspecified atom stereocenters. The second-order valence-corrected chi connectivity index (χ2v) is 4.48. The highest BCUT2D eigenvalue weighted by atomic mass is 35.5. The van der Waals surface area contributed by atoms with Gasteiger partial charge in [0.25, 0.3) is 0 Å². The van der Waals surface area contributed by atoms with Gasteiger partial charge >= 0.3 is 5.97 Å². The Morgan fingerprint density at radius 3 is 2.68 bits per heavy atom. The van der Waals surface area contributed by atoms with Crippen molar-refractivity contribution in [1.29, 1.82) is 0 Å². The minimum atomic E-state index is -1.08. The number of aromatic carboxylic acids is 1. The zero-order chi connectivity index (χ0) is 14.0. The molecule has 98 valence electrons. The lowest BCUT2D eigenvalue weighted by molar-refractivity contribution is 0.0698. The maximum Gasteiger partial charge on any atom is 0.337 e. The highest BCUT2D eigenvalue weighted by molar-refractivity contribution is 6.33. The molecule has 2 N–H and O–H groups in total. The molecular weight excluding hydrogens is 269 g/mol. The Kier molecular flexibility index (Phi) is 3.71. The van der Waals surface area contributed by atoms with E-state index in [0.717, 1.165) is 5.56 Å². The molecule has 0 atom stereocenters. The summed E-state index contributed by atoms with van der Waals surface area (Å²) in [5.74, 6) is -1.62. The average Bonchev–Trinajstić information content (AvgIpc) is 2.35. The first-order valence-electron chi connectivity index (χ1n) is 5.54. The number of para-hydroxylation sites is 1. The zero-order valence-corrected chi connectivity index (χ0v) is 10.8. The molecule has 2 aromatic rings. The van der Waals surface area contributed by atoms with E-state index in [1.54, 1.807) is 19.1 Å². The first kappa shape index (κ1) is 13.4. The number of hydrogen-bond acceptors (Lipinski definition) is 2. The van der Waals surface area contributed by atoms with Crippen LogP contribution in [0, 0.1) is 12.7 Å². The lowest BCUT2D eigenvalue weighted by Crippen LogP contribution is -2.04. The van der Waals surface area contributed by atoms with Gasteiger partial charge in [-0.2, -0.15) is 0 Å². The van der Waals surface area contributed by atoms with Crippen LogP contribution in [0.3, 0.4) is 0 Å². The van der Waals surface area contributed by atoms with E-state index in [0.29, 0.717) is 5.69 Å². The Morgan fingerprint density at radius 1 is 1.32 bits per heavy atom. The first-order chi connectivity index (χ1) is 8.99. The molecule has 0 bridgehead atoms. The fraction of sp³-hybridized carbons (Fsp3) is 0.0714. The first-order valence-corrected chi connectivity index (χ1v) is 5.92. The summed E-state index contributed by atoms with van der Waals surface area (Å²) in [4.78, 5) is 11.2. The van der Waals surface area contributed by atoms with E-state index < -0.39 is 11.8 Å². The topological polar surface area (TPSA) is 49.3 Å². The number of halogens is 2. The van der Waals surface area contributed by atoms with Gasteiger partial charge in [-0.3, -0.25) is 0 Å². The van der Waals surface area contributed by atoms with Crippen LogP contribution in [0.25, 0.3) is 0 Å². The maximum absolute atomic E-state index is 13.7. The van der Waals surface area contributed by atoms with Gasteiger partial charge < -0.3 is 10.4 Å². The Morgan fingerprint density at radius 2 is 2.05 bits per heavy atom. The summed E-state index contributed by atoms with van der Waals surface area (Å²) in [7, 11) is 0. The van der Waals surface area contributed by atoms with Crippen LogP contribution in [-0.2, 0) is 0 Å². The van der Waals surface area contributed by atoms with Gasteiger partial charge in [0.1, 0.15) is 5.82 Å². The van der Waals surface area contributed by atoms with Crippen LogP contribution >= 0.6 is 11.6 Å². The van der Waals surface area contributed by atoms with Gasteiger partial charge in [-0.15, -0.1) is 0 Å². The third-order valence-corrected chi connectivity index (χ3v) is 2.94. The minimum Gasteiger partial charge on any atom is -0.478 e. The second-order valence-electron chi connectivity index (χ2n) is 4.08. The molecule has 0 amide bonds. The number of carbonyl (C=O) groups is 1. The number of rotatable bonds is 3. The van der Waals surface area contributed by atoms with Crippen molar-refractivity contribution in [3.63, 3.8) is 0 Å². The summed E-state index contributed by atoms with van der Waals surface area (Å²) in [6.45, 7) is 1.78. The molecule has 2 aromatic carbocycles. The number of aryl methyl sites for hydroxylation is 1. The Bertz CT molecular complexity index is 623. The second kappa shape index (κ2) is 5.28. The fourth-order valence-electron chi connectivity index (χ4n) is 1.70. The van der Waals surface area contributed by atoms with Crippen LogP contribution in [0.4, 0.5) is 15.8 Å². The molecule has 5 heteroatoms. The Labute approximate surface area is 114 Å². The number of benzene rings is 2. The summed E-state index contributed by atoms with van der Waals surface area (Å²) in [5, 5.41) is 12.1. The van der Waals surface area contributed by atoms with Crippen LogP contribution in [0.2, 0.25) is 5.02 Å². The third-order valence-electron chi connectivity index (χ3n) is 2.63. The molecule has 0 heterocycles. The van der Waals surface area contributed by atoms with E-state index >= 15 is 0 Å². The largest absolute Gasteiger partial charge is 0.478 e. The van der Waals surface area contributed by atoms with Crippen molar-refractivity contribution >= 4 is 28.9 Å². The molecule has 0 aliphatic carbocycles. The van der Waals surface area contributed by atoms with E-state index in [4.69, 9.17) is 16.7 Å². The zero-order valence-electron chi connectivity index (χ0n) is 10.1. The maximum atomic E-state index is 13.7. The van der Waals surface area contributed by atoms with Crippen molar-refractivity contribution in [2.75, 3.05) is 5.32 Å². The van der Waals surface area contributed by atoms with E-state index in [9.17, 15) is 9.18 Å². The molecule has 0 saturated heterocycles. The highest BCUT2D eigenvalue weighted by Crippen LogP contribution is 2.30. The van der Waals surface area contributed by atoms with Crippen molar-refractivity contribution in [1.82, 2.24) is 0 Å². The van der Waals surface area contributed by atoms with Gasteiger partial charge in [0, 0.05) is 0 Å². The van der Waals surface area contributed by atoms with E-state index in [2.05, 4.69) is 5.32 Å². The fourth-order valence-corrected chi connectivity index (χ4v) is 1.91. The summed E-state index contributed by atoms with van der Waals surface area (Å²) in [6.07, 6.45) is 0. The lowest BCUT2D eigenvalue weighted by atomic mass is 10.1. The van der Waals surface area contributed by atoms with Crippen molar-refractivity contribution in [3.05, 3.63) is 58.4 Å². The normalized spacial score (nSPS) is 10.3. The van der Waals surface area contributed by atoms with Crippen LogP contribution in [0.15, 0.2) is 36.4 Å². The van der Waals surface area contributed by atoms with Crippen LogP contribution < -0.4 is 5.32 Å². The van der Waals surface area contributed by atoms with Gasteiger partial charge in [-0.25, -0.2) is 9.18 Å². The van der Waals surface area contributed by atoms with Crippen LogP contribution in [0.5, 0.6) is 0 Å². The van der Waals surface area contributed by atoms with E-state index in [1.807, 2.05) is 0 Å². The molecular formula is C14H11ClFNO2. The monoisotopic (exact) mass is 279 g/mol. The molecule has 0 fully saturated rings. The average molecular weight is 280 g/mol. The number of anilines is 2. The lowest BCUT2D eigenvalue weighted by Gasteiger charge is -2.12. The SMILES string of the molecule is Cc1ccc(Nc2c(F)cccc2Cl)c(C(=O)O)c1. The van der Waals surface area contributed by atoms with Gasteiger partial charge in [-0.05, 0) is 31.2 Å². The summed E-state index contributed by atoms with van der Waals surface area (Å²) in [6, 6.07) is 9.10. The standard InChI is InChI=1S/C14H11ClFNO2/c1-8-5-6-12(9(7-8)14(18)19)17-13-10(15)3-2-4-11(13)16/h2-7,17H,1H3,(H,18,19). The quantitative estimate of drug-likeness (QED) is 0.884. The predicted octanol–water partition coefficient (Wildman–Crippen LogP) is 4.23. The number of carboxylic acids is 1. The van der Waals surface area contributed by atoms with E-state index in [1.165, 1.54) is 24.3 Å². The molecule has 2 rings (SSSR count). The van der Waals surface area contributed by atoms with Crippen LogP contribution in [-0.4, -0.2) is 11.1 Å². The van der Waals surface area contributed by atoms with E-state index in [-0.39, 0.29) is 16.3 Å².